The Balaban J connectivity index is 1.66. The lowest BCUT2D eigenvalue weighted by Crippen LogP contribution is -2.37. The van der Waals surface area contributed by atoms with Gasteiger partial charge < -0.3 is 4.74 Å². The van der Waals surface area contributed by atoms with Crippen LogP contribution in [0.2, 0.25) is 10.0 Å². The molecule has 0 radical (unpaired) electrons. The number of ether oxygens (including phenoxy) is 1. The molecule has 1 aromatic carbocycles. The van der Waals surface area contributed by atoms with Gasteiger partial charge in [-0.2, -0.15) is 5.10 Å². The van der Waals surface area contributed by atoms with Crippen molar-refractivity contribution in [3.63, 3.8) is 0 Å². The predicted octanol–water partition coefficient (Wildman–Crippen LogP) is 4.34. The summed E-state index contributed by atoms with van der Waals surface area (Å²) in [6.07, 6.45) is 4.09. The molecule has 1 aromatic heterocycles. The van der Waals surface area contributed by atoms with Gasteiger partial charge >= 0.3 is 0 Å². The highest BCUT2D eigenvalue weighted by Crippen LogP contribution is 2.29. The minimum atomic E-state index is 0.0265. The maximum atomic E-state index is 6.12. The summed E-state index contributed by atoms with van der Waals surface area (Å²) in [5.41, 5.74) is 2.30. The molecule has 124 valence electrons. The molecule has 0 amide bonds. The molecule has 1 aliphatic heterocycles. The number of hydrogen-bond donors (Lipinski definition) is 0. The van der Waals surface area contributed by atoms with E-state index in [-0.39, 0.29) is 6.10 Å². The SMILES string of the molecule is CC(C)n1cc(CN2CCO[C@H](c3ccc(Cl)c(Cl)c3)C2)cn1. The average Bonchev–Trinajstić information content (AvgIpc) is 2.99. The Kier molecular flexibility index (Phi) is 5.27. The van der Waals surface area contributed by atoms with Crippen LogP contribution in [0, 0.1) is 0 Å². The molecule has 3 rings (SSSR count). The number of aromatic nitrogens is 2. The monoisotopic (exact) mass is 353 g/mol. The minimum absolute atomic E-state index is 0.0265. The summed E-state index contributed by atoms with van der Waals surface area (Å²) >= 11 is 12.1. The summed E-state index contributed by atoms with van der Waals surface area (Å²) in [6, 6.07) is 6.10. The van der Waals surface area contributed by atoms with Gasteiger partial charge in [0, 0.05) is 37.4 Å². The Morgan fingerprint density at radius 1 is 1.30 bits per heavy atom. The first kappa shape index (κ1) is 16.8. The van der Waals surface area contributed by atoms with Crippen molar-refractivity contribution in [3.05, 3.63) is 51.8 Å². The predicted molar refractivity (Wildman–Crippen MR) is 93.0 cm³/mol. The maximum Gasteiger partial charge on any atom is 0.0953 e. The van der Waals surface area contributed by atoms with E-state index in [4.69, 9.17) is 27.9 Å². The highest BCUT2D eigenvalue weighted by Gasteiger charge is 2.23. The second-order valence-corrected chi connectivity index (χ2v) is 7.00. The van der Waals surface area contributed by atoms with E-state index in [0.717, 1.165) is 25.2 Å². The third-order valence-electron chi connectivity index (χ3n) is 4.06. The van der Waals surface area contributed by atoms with Gasteiger partial charge in [-0.05, 0) is 31.5 Å². The number of halogens is 2. The van der Waals surface area contributed by atoms with Crippen LogP contribution >= 0.6 is 23.2 Å². The van der Waals surface area contributed by atoms with Crippen LogP contribution in [-0.2, 0) is 11.3 Å². The summed E-state index contributed by atoms with van der Waals surface area (Å²) in [6.45, 7) is 7.62. The van der Waals surface area contributed by atoms with Gasteiger partial charge in [-0.15, -0.1) is 0 Å². The van der Waals surface area contributed by atoms with Crippen LogP contribution < -0.4 is 0 Å². The molecular weight excluding hydrogens is 333 g/mol. The quantitative estimate of drug-likeness (QED) is 0.818. The zero-order chi connectivity index (χ0) is 16.4. The van der Waals surface area contributed by atoms with Crippen LogP contribution in [-0.4, -0.2) is 34.4 Å². The van der Waals surface area contributed by atoms with Crippen molar-refractivity contribution in [1.82, 2.24) is 14.7 Å². The highest BCUT2D eigenvalue weighted by molar-refractivity contribution is 6.42. The standard InChI is InChI=1S/C17H21Cl2N3O/c1-12(2)22-10-13(8-20-22)9-21-5-6-23-17(11-21)14-3-4-15(18)16(19)7-14/h3-4,7-8,10,12,17H,5-6,9,11H2,1-2H3/t17-/m0/s1. The van der Waals surface area contributed by atoms with Crippen molar-refractivity contribution in [2.24, 2.45) is 0 Å². The summed E-state index contributed by atoms with van der Waals surface area (Å²) in [4.78, 5) is 2.39. The van der Waals surface area contributed by atoms with E-state index < -0.39 is 0 Å². The van der Waals surface area contributed by atoms with Crippen LogP contribution in [0.3, 0.4) is 0 Å². The Morgan fingerprint density at radius 3 is 2.83 bits per heavy atom. The van der Waals surface area contributed by atoms with Crippen LogP contribution in [0.4, 0.5) is 0 Å². The molecule has 1 fully saturated rings. The molecule has 0 saturated carbocycles. The molecule has 1 aliphatic rings. The fourth-order valence-corrected chi connectivity index (χ4v) is 3.07. The van der Waals surface area contributed by atoms with Crippen molar-refractivity contribution >= 4 is 23.2 Å². The number of nitrogens with zero attached hydrogens (tertiary/aromatic N) is 3. The molecular formula is C17H21Cl2N3O. The molecule has 0 N–H and O–H groups in total. The van der Waals surface area contributed by atoms with E-state index in [2.05, 4.69) is 30.0 Å². The van der Waals surface area contributed by atoms with Crippen molar-refractivity contribution in [1.29, 1.82) is 0 Å². The summed E-state index contributed by atoms with van der Waals surface area (Å²) < 4.78 is 7.90. The van der Waals surface area contributed by atoms with Crippen molar-refractivity contribution < 1.29 is 4.74 Å². The molecule has 4 nitrogen and oxygen atoms in total. The lowest BCUT2D eigenvalue weighted by atomic mass is 10.1. The maximum absolute atomic E-state index is 6.12. The molecule has 0 unspecified atom stereocenters. The van der Waals surface area contributed by atoms with Gasteiger partial charge in [0.25, 0.3) is 0 Å². The van der Waals surface area contributed by atoms with Crippen LogP contribution in [0.1, 0.15) is 37.1 Å². The third-order valence-corrected chi connectivity index (χ3v) is 4.80. The summed E-state index contributed by atoms with van der Waals surface area (Å²) in [5, 5.41) is 5.55. The smallest absolute Gasteiger partial charge is 0.0953 e. The first-order chi connectivity index (χ1) is 11.0. The first-order valence-corrected chi connectivity index (χ1v) is 8.60. The highest BCUT2D eigenvalue weighted by atomic mass is 35.5. The summed E-state index contributed by atoms with van der Waals surface area (Å²) in [5.74, 6) is 0. The van der Waals surface area contributed by atoms with Gasteiger partial charge in [0.2, 0.25) is 0 Å². The van der Waals surface area contributed by atoms with Gasteiger partial charge in [0.1, 0.15) is 0 Å². The Hall–Kier alpha value is -1.07. The van der Waals surface area contributed by atoms with Crippen molar-refractivity contribution in [2.75, 3.05) is 19.7 Å². The van der Waals surface area contributed by atoms with Crippen molar-refractivity contribution in [2.45, 2.75) is 32.5 Å². The molecule has 23 heavy (non-hydrogen) atoms. The van der Waals surface area contributed by atoms with Crippen molar-refractivity contribution in [3.8, 4) is 0 Å². The van der Waals surface area contributed by atoms with E-state index in [1.807, 2.05) is 29.1 Å². The zero-order valence-electron chi connectivity index (χ0n) is 13.4. The second-order valence-electron chi connectivity index (χ2n) is 6.19. The van der Waals surface area contributed by atoms with E-state index in [9.17, 15) is 0 Å². The first-order valence-electron chi connectivity index (χ1n) is 7.85. The molecule has 2 aromatic rings. The number of benzene rings is 1. The largest absolute Gasteiger partial charge is 0.371 e. The van der Waals surface area contributed by atoms with Gasteiger partial charge in [-0.25, -0.2) is 0 Å². The van der Waals surface area contributed by atoms with Crippen LogP contribution in [0.5, 0.6) is 0 Å². The van der Waals surface area contributed by atoms with Gasteiger partial charge in [0.05, 0.1) is 29.0 Å². The minimum Gasteiger partial charge on any atom is -0.371 e. The average molecular weight is 354 g/mol. The topological polar surface area (TPSA) is 30.3 Å². The number of morpholine rings is 1. The molecule has 1 atom stereocenters. The van der Waals surface area contributed by atoms with E-state index >= 15 is 0 Å². The zero-order valence-corrected chi connectivity index (χ0v) is 14.9. The van der Waals surface area contributed by atoms with Gasteiger partial charge in [-0.3, -0.25) is 9.58 Å². The normalized spacial score (nSPS) is 19.4. The Labute approximate surface area is 146 Å². The third kappa shape index (κ3) is 4.07. The Morgan fingerprint density at radius 2 is 2.13 bits per heavy atom. The molecule has 6 heteroatoms. The summed E-state index contributed by atoms with van der Waals surface area (Å²) in [7, 11) is 0. The van der Waals surface area contributed by atoms with E-state index in [1.54, 1.807) is 0 Å². The van der Waals surface area contributed by atoms with Crippen LogP contribution in [0.15, 0.2) is 30.6 Å². The van der Waals surface area contributed by atoms with Gasteiger partial charge in [0.15, 0.2) is 0 Å². The fourth-order valence-electron chi connectivity index (χ4n) is 2.76. The molecule has 1 saturated heterocycles. The lowest BCUT2D eigenvalue weighted by Gasteiger charge is -2.33. The molecule has 0 aliphatic carbocycles. The molecule has 0 spiro atoms. The van der Waals surface area contributed by atoms with Crippen LogP contribution in [0.25, 0.3) is 0 Å². The molecule has 0 bridgehead atoms. The van der Waals surface area contributed by atoms with E-state index in [0.29, 0.717) is 22.7 Å². The van der Waals surface area contributed by atoms with Gasteiger partial charge in [-0.1, -0.05) is 29.3 Å². The Bertz CT molecular complexity index is 672. The fraction of sp³-hybridized carbons (Fsp3) is 0.471. The second kappa shape index (κ2) is 7.22. The molecule has 2 heterocycles. The number of rotatable bonds is 4. The lowest BCUT2D eigenvalue weighted by molar-refractivity contribution is -0.0329. The van der Waals surface area contributed by atoms with E-state index in [1.165, 1.54) is 5.56 Å². The number of hydrogen-bond acceptors (Lipinski definition) is 3.